The number of furan rings is 1. The van der Waals surface area contributed by atoms with Crippen molar-refractivity contribution in [1.29, 1.82) is 0 Å². The van der Waals surface area contributed by atoms with Crippen LogP contribution in [0.15, 0.2) is 21.5 Å². The minimum atomic E-state index is -0.802. The summed E-state index contributed by atoms with van der Waals surface area (Å²) in [7, 11) is 0. The molecule has 2 N–H and O–H groups in total. The quantitative estimate of drug-likeness (QED) is 0.479. The molecule has 1 saturated heterocycles. The molecule has 1 fully saturated rings. The second-order valence-corrected chi connectivity index (χ2v) is 7.34. The number of nitrogens with zero attached hydrogens (tertiary/aromatic N) is 2. The molecule has 7 nitrogen and oxygen atoms in total. The Morgan fingerprint density at radius 1 is 1.25 bits per heavy atom. The highest BCUT2D eigenvalue weighted by molar-refractivity contribution is 5.72. The molecule has 0 unspecified atom stereocenters. The van der Waals surface area contributed by atoms with Crippen LogP contribution in [0.3, 0.4) is 0 Å². The van der Waals surface area contributed by atoms with Crippen molar-refractivity contribution in [1.82, 2.24) is 9.55 Å². The van der Waals surface area contributed by atoms with Crippen molar-refractivity contribution in [3.8, 4) is 12.3 Å². The molecule has 1 aliphatic rings. The predicted molar refractivity (Wildman–Crippen MR) is 105 cm³/mol. The van der Waals surface area contributed by atoms with Gasteiger partial charge in [0, 0.05) is 25.5 Å². The number of ether oxygens (including phenoxy) is 1. The van der Waals surface area contributed by atoms with Crippen molar-refractivity contribution >= 4 is 11.1 Å². The first-order valence-corrected chi connectivity index (χ1v) is 10.0. The summed E-state index contributed by atoms with van der Waals surface area (Å²) >= 11 is 0. The van der Waals surface area contributed by atoms with Crippen LogP contribution in [0.2, 0.25) is 0 Å². The lowest BCUT2D eigenvalue weighted by Gasteiger charge is -2.13. The minimum Gasteiger partial charge on any atom is -0.443 e. The summed E-state index contributed by atoms with van der Waals surface area (Å²) in [5.41, 5.74) is -0.168. The van der Waals surface area contributed by atoms with Gasteiger partial charge in [0.2, 0.25) is 5.71 Å². The summed E-state index contributed by atoms with van der Waals surface area (Å²) in [6.07, 6.45) is 13.5. The lowest BCUT2D eigenvalue weighted by atomic mass is 10.1. The zero-order valence-electron chi connectivity index (χ0n) is 16.0. The maximum Gasteiger partial charge on any atom is 0.353 e. The summed E-state index contributed by atoms with van der Waals surface area (Å²) in [4.78, 5) is 16.3. The molecule has 2 aromatic rings. The van der Waals surface area contributed by atoms with Crippen LogP contribution in [0.4, 0.5) is 0 Å². The summed E-state index contributed by atoms with van der Waals surface area (Å²) < 4.78 is 12.6. The number of rotatable bonds is 10. The van der Waals surface area contributed by atoms with Gasteiger partial charge < -0.3 is 19.4 Å². The number of aromatic nitrogens is 2. The Kier molecular flexibility index (Phi) is 7.26. The van der Waals surface area contributed by atoms with Gasteiger partial charge in [-0.3, -0.25) is 4.57 Å². The minimum absolute atomic E-state index is 0.240. The molecule has 0 aromatic carbocycles. The topological polar surface area (TPSA) is 97.7 Å². The average Bonchev–Trinajstić information content (AvgIpc) is 3.25. The molecule has 3 heterocycles. The van der Waals surface area contributed by atoms with E-state index in [0.717, 1.165) is 43.3 Å². The third kappa shape index (κ3) is 5.02. The van der Waals surface area contributed by atoms with Crippen molar-refractivity contribution < 1.29 is 19.4 Å². The largest absolute Gasteiger partial charge is 0.443 e. The molecule has 28 heavy (non-hydrogen) atoms. The summed E-state index contributed by atoms with van der Waals surface area (Å²) in [6, 6.07) is 1.90. The molecule has 3 atom stereocenters. The van der Waals surface area contributed by atoms with E-state index >= 15 is 0 Å². The van der Waals surface area contributed by atoms with E-state index in [0.29, 0.717) is 5.71 Å². The molecule has 0 spiro atoms. The van der Waals surface area contributed by atoms with Gasteiger partial charge in [0.25, 0.3) is 0 Å². The van der Waals surface area contributed by atoms with Gasteiger partial charge in [-0.1, -0.05) is 25.7 Å². The number of hydrogen-bond donors (Lipinski definition) is 2. The SMILES string of the molecule is C#CCCCCCCCCc1cc2cn([C@H]3C[C@H](O)[C@@H](CO)O3)c(=O)nc2o1. The van der Waals surface area contributed by atoms with E-state index < -0.39 is 24.1 Å². The van der Waals surface area contributed by atoms with Crippen LogP contribution in [0.25, 0.3) is 11.1 Å². The van der Waals surface area contributed by atoms with Crippen LogP contribution in [0.5, 0.6) is 0 Å². The number of terminal acetylenes is 1. The first-order valence-electron chi connectivity index (χ1n) is 10.0. The Labute approximate surface area is 164 Å². The van der Waals surface area contributed by atoms with Gasteiger partial charge in [0.05, 0.1) is 18.1 Å². The molecule has 1 aliphatic heterocycles. The molecular weight excluding hydrogens is 360 g/mol. The van der Waals surface area contributed by atoms with E-state index in [1.807, 2.05) is 6.07 Å². The Balaban J connectivity index is 1.55. The monoisotopic (exact) mass is 388 g/mol. The van der Waals surface area contributed by atoms with Gasteiger partial charge >= 0.3 is 5.69 Å². The average molecular weight is 388 g/mol. The molecule has 0 bridgehead atoms. The standard InChI is InChI=1S/C21H28N2O5/c1-2-3-4-5-6-7-8-9-10-16-11-15-13-23(21(26)22-20(15)27-16)19-12-17(25)18(14-24)28-19/h1,11,13,17-19,24-25H,3-10,12,14H2/t17-,18+,19+/m0/s1. The maximum absolute atomic E-state index is 12.3. The van der Waals surface area contributed by atoms with E-state index in [2.05, 4.69) is 10.9 Å². The number of aliphatic hydroxyl groups excluding tert-OH is 2. The van der Waals surface area contributed by atoms with Gasteiger partial charge in [0.15, 0.2) is 0 Å². The van der Waals surface area contributed by atoms with Gasteiger partial charge in [-0.15, -0.1) is 12.3 Å². The van der Waals surface area contributed by atoms with Gasteiger partial charge in [-0.2, -0.15) is 4.98 Å². The van der Waals surface area contributed by atoms with Crippen LogP contribution in [-0.2, 0) is 11.2 Å². The first-order chi connectivity index (χ1) is 13.6. The molecule has 3 rings (SSSR count). The zero-order valence-corrected chi connectivity index (χ0v) is 16.0. The lowest BCUT2D eigenvalue weighted by molar-refractivity contribution is -0.0457. The number of unbranched alkanes of at least 4 members (excludes halogenated alkanes) is 6. The van der Waals surface area contributed by atoms with Crippen LogP contribution in [-0.4, -0.2) is 38.6 Å². The van der Waals surface area contributed by atoms with Gasteiger partial charge in [-0.25, -0.2) is 4.79 Å². The molecule has 2 aromatic heterocycles. The van der Waals surface area contributed by atoms with Crippen molar-refractivity contribution in [2.75, 3.05) is 6.61 Å². The molecule has 0 amide bonds. The van der Waals surface area contributed by atoms with E-state index in [-0.39, 0.29) is 13.0 Å². The van der Waals surface area contributed by atoms with E-state index in [9.17, 15) is 15.0 Å². The maximum atomic E-state index is 12.3. The predicted octanol–water partition coefficient (Wildman–Crippen LogP) is 2.54. The van der Waals surface area contributed by atoms with Gasteiger partial charge in [0.1, 0.15) is 18.1 Å². The molecule has 7 heteroatoms. The smallest absolute Gasteiger partial charge is 0.353 e. The third-order valence-electron chi connectivity index (χ3n) is 5.18. The van der Waals surface area contributed by atoms with Crippen LogP contribution < -0.4 is 5.69 Å². The molecular formula is C21H28N2O5. The Hall–Kier alpha value is -2.14. The summed E-state index contributed by atoms with van der Waals surface area (Å²) in [5.74, 6) is 3.48. The van der Waals surface area contributed by atoms with Crippen molar-refractivity contribution in [3.05, 3.63) is 28.5 Å². The zero-order chi connectivity index (χ0) is 19.9. The second-order valence-electron chi connectivity index (χ2n) is 7.34. The molecule has 0 saturated carbocycles. The van der Waals surface area contributed by atoms with Crippen molar-refractivity contribution in [2.45, 2.75) is 76.2 Å². The van der Waals surface area contributed by atoms with Crippen LogP contribution >= 0.6 is 0 Å². The third-order valence-corrected chi connectivity index (χ3v) is 5.18. The highest BCUT2D eigenvalue weighted by atomic mass is 16.5. The Bertz CT molecular complexity index is 866. The van der Waals surface area contributed by atoms with E-state index in [1.165, 1.54) is 23.8 Å². The summed E-state index contributed by atoms with van der Waals surface area (Å²) in [5, 5.41) is 19.8. The number of hydrogen-bond acceptors (Lipinski definition) is 6. The highest BCUT2D eigenvalue weighted by Gasteiger charge is 2.35. The van der Waals surface area contributed by atoms with Gasteiger partial charge in [-0.05, 0) is 18.9 Å². The van der Waals surface area contributed by atoms with E-state index in [1.54, 1.807) is 6.20 Å². The van der Waals surface area contributed by atoms with Crippen molar-refractivity contribution in [2.24, 2.45) is 0 Å². The fourth-order valence-corrected chi connectivity index (χ4v) is 3.59. The van der Waals surface area contributed by atoms with Crippen molar-refractivity contribution in [3.63, 3.8) is 0 Å². The Morgan fingerprint density at radius 3 is 2.71 bits per heavy atom. The summed E-state index contributed by atoms with van der Waals surface area (Å²) in [6.45, 7) is -0.290. The molecule has 152 valence electrons. The van der Waals surface area contributed by atoms with Crippen LogP contribution in [0, 0.1) is 12.3 Å². The molecule has 0 aliphatic carbocycles. The number of aryl methyl sites for hydroxylation is 1. The van der Waals surface area contributed by atoms with Crippen LogP contribution in [0.1, 0.15) is 63.4 Å². The fourth-order valence-electron chi connectivity index (χ4n) is 3.59. The van der Waals surface area contributed by atoms with E-state index in [4.69, 9.17) is 15.6 Å². The Morgan fingerprint density at radius 2 is 2.00 bits per heavy atom. The highest BCUT2D eigenvalue weighted by Crippen LogP contribution is 2.28. The second kappa shape index (κ2) is 9.87. The number of aliphatic hydroxyl groups is 2. The fraction of sp³-hybridized carbons (Fsp3) is 0.619. The lowest BCUT2D eigenvalue weighted by Crippen LogP contribution is -2.27. The normalized spacial score (nSPS) is 22.0. The number of fused-ring (bicyclic) bond motifs is 1. The molecule has 0 radical (unpaired) electrons. The first kappa shape index (κ1) is 20.6.